The van der Waals surface area contributed by atoms with E-state index in [2.05, 4.69) is 18.3 Å². The highest BCUT2D eigenvalue weighted by atomic mass is 16.5. The molecule has 0 radical (unpaired) electrons. The Bertz CT molecular complexity index is 183. The number of methoxy groups -OCH3 is 1. The summed E-state index contributed by atoms with van der Waals surface area (Å²) in [5.41, 5.74) is 0. The number of nitriles is 1. The first-order chi connectivity index (χ1) is 7.85. The van der Waals surface area contributed by atoms with Gasteiger partial charge >= 0.3 is 0 Å². The average molecular weight is 230 g/mol. The molecule has 16 heavy (non-hydrogen) atoms. The van der Waals surface area contributed by atoms with Crippen LogP contribution in [0.1, 0.15) is 13.3 Å². The van der Waals surface area contributed by atoms with Crippen LogP contribution in [0.4, 0.5) is 0 Å². The summed E-state index contributed by atoms with van der Waals surface area (Å²) in [5.74, 6) is 0. The van der Waals surface area contributed by atoms with Crippen molar-refractivity contribution in [3.63, 3.8) is 0 Å². The highest BCUT2D eigenvalue weighted by Crippen LogP contribution is 1.86. The third kappa shape index (κ3) is 9.87. The minimum atomic E-state index is -0.223. The minimum absolute atomic E-state index is 0.223. The molecule has 0 amide bonds. The lowest BCUT2D eigenvalue weighted by Gasteiger charge is -2.11. The van der Waals surface area contributed by atoms with Gasteiger partial charge in [-0.05, 0) is 13.0 Å². The number of hydrogen-bond acceptors (Lipinski definition) is 5. The fourth-order valence-electron chi connectivity index (χ4n) is 1.02. The van der Waals surface area contributed by atoms with Crippen molar-refractivity contribution in [3.05, 3.63) is 0 Å². The van der Waals surface area contributed by atoms with Gasteiger partial charge in [0.05, 0.1) is 39.1 Å². The molecule has 5 nitrogen and oxygen atoms in total. The van der Waals surface area contributed by atoms with Gasteiger partial charge in [-0.3, -0.25) is 0 Å². The SMILES string of the molecule is CCCNC(C#N)COCCOCCOC. The Morgan fingerprint density at radius 1 is 1.19 bits per heavy atom. The summed E-state index contributed by atoms with van der Waals surface area (Å²) in [4.78, 5) is 0. The quantitative estimate of drug-likeness (QED) is 0.525. The second-order valence-corrected chi connectivity index (χ2v) is 3.32. The third-order valence-electron chi connectivity index (χ3n) is 1.88. The molecule has 0 aromatic heterocycles. The zero-order valence-electron chi connectivity index (χ0n) is 10.2. The summed E-state index contributed by atoms with van der Waals surface area (Å²) in [5, 5.41) is 11.9. The van der Waals surface area contributed by atoms with Gasteiger partial charge < -0.3 is 19.5 Å². The van der Waals surface area contributed by atoms with Crippen molar-refractivity contribution < 1.29 is 14.2 Å². The normalized spacial score (nSPS) is 12.3. The largest absolute Gasteiger partial charge is 0.382 e. The van der Waals surface area contributed by atoms with Crippen LogP contribution in [0.2, 0.25) is 0 Å². The zero-order valence-corrected chi connectivity index (χ0v) is 10.2. The van der Waals surface area contributed by atoms with Crippen LogP contribution >= 0.6 is 0 Å². The van der Waals surface area contributed by atoms with Crippen molar-refractivity contribution in [2.75, 3.05) is 46.7 Å². The predicted octanol–water partition coefficient (Wildman–Crippen LogP) is 0.558. The van der Waals surface area contributed by atoms with Crippen LogP contribution in [-0.4, -0.2) is 52.7 Å². The Morgan fingerprint density at radius 2 is 1.88 bits per heavy atom. The fraction of sp³-hybridized carbons (Fsp3) is 0.909. The molecule has 0 aliphatic carbocycles. The Morgan fingerprint density at radius 3 is 2.50 bits per heavy atom. The molecule has 1 N–H and O–H groups in total. The molecule has 0 heterocycles. The zero-order chi connectivity index (χ0) is 12.1. The lowest BCUT2D eigenvalue weighted by atomic mass is 10.3. The first-order valence-corrected chi connectivity index (χ1v) is 5.62. The second-order valence-electron chi connectivity index (χ2n) is 3.32. The smallest absolute Gasteiger partial charge is 0.119 e. The van der Waals surface area contributed by atoms with Gasteiger partial charge in [0, 0.05) is 7.11 Å². The van der Waals surface area contributed by atoms with Crippen LogP contribution in [0.3, 0.4) is 0 Å². The van der Waals surface area contributed by atoms with E-state index in [9.17, 15) is 0 Å². The van der Waals surface area contributed by atoms with E-state index in [0.717, 1.165) is 13.0 Å². The highest BCUT2D eigenvalue weighted by Gasteiger charge is 2.04. The van der Waals surface area contributed by atoms with Gasteiger partial charge in [-0.1, -0.05) is 6.92 Å². The predicted molar refractivity (Wildman–Crippen MR) is 61.2 cm³/mol. The second kappa shape index (κ2) is 12.4. The van der Waals surface area contributed by atoms with Crippen LogP contribution in [0.15, 0.2) is 0 Å². The van der Waals surface area contributed by atoms with Gasteiger partial charge in [-0.25, -0.2) is 0 Å². The van der Waals surface area contributed by atoms with Crippen LogP contribution in [0.5, 0.6) is 0 Å². The van der Waals surface area contributed by atoms with E-state index >= 15 is 0 Å². The molecule has 0 bridgehead atoms. The van der Waals surface area contributed by atoms with Crippen molar-refractivity contribution in [2.24, 2.45) is 0 Å². The Hall–Kier alpha value is -0.670. The molecule has 0 aromatic rings. The van der Waals surface area contributed by atoms with Crippen molar-refractivity contribution in [3.8, 4) is 6.07 Å². The van der Waals surface area contributed by atoms with Crippen molar-refractivity contribution >= 4 is 0 Å². The topological polar surface area (TPSA) is 63.5 Å². The van der Waals surface area contributed by atoms with Crippen LogP contribution in [-0.2, 0) is 14.2 Å². The van der Waals surface area contributed by atoms with Gasteiger partial charge in [-0.15, -0.1) is 0 Å². The van der Waals surface area contributed by atoms with Crippen molar-refractivity contribution in [2.45, 2.75) is 19.4 Å². The molecule has 0 spiro atoms. The van der Waals surface area contributed by atoms with E-state index < -0.39 is 0 Å². The summed E-state index contributed by atoms with van der Waals surface area (Å²) in [6.45, 7) is 5.53. The van der Waals surface area contributed by atoms with Gasteiger partial charge in [-0.2, -0.15) is 5.26 Å². The van der Waals surface area contributed by atoms with Gasteiger partial charge in [0.25, 0.3) is 0 Å². The minimum Gasteiger partial charge on any atom is -0.382 e. The molecular formula is C11H22N2O3. The molecule has 0 aliphatic rings. The lowest BCUT2D eigenvalue weighted by Crippen LogP contribution is -2.33. The molecule has 0 saturated carbocycles. The lowest BCUT2D eigenvalue weighted by molar-refractivity contribution is 0.0225. The maximum absolute atomic E-state index is 8.79. The monoisotopic (exact) mass is 230 g/mol. The van der Waals surface area contributed by atoms with E-state index in [1.807, 2.05) is 0 Å². The molecular weight excluding hydrogens is 208 g/mol. The van der Waals surface area contributed by atoms with Crippen molar-refractivity contribution in [1.29, 1.82) is 5.26 Å². The maximum atomic E-state index is 8.79. The average Bonchev–Trinajstić information content (AvgIpc) is 2.32. The van der Waals surface area contributed by atoms with E-state index in [1.54, 1.807) is 7.11 Å². The fourth-order valence-corrected chi connectivity index (χ4v) is 1.02. The molecule has 0 saturated heterocycles. The molecule has 5 heteroatoms. The van der Waals surface area contributed by atoms with E-state index in [-0.39, 0.29) is 6.04 Å². The summed E-state index contributed by atoms with van der Waals surface area (Å²) in [6, 6.07) is 1.93. The molecule has 0 aliphatic heterocycles. The molecule has 0 rings (SSSR count). The number of rotatable bonds is 11. The van der Waals surface area contributed by atoms with Gasteiger partial charge in [0.2, 0.25) is 0 Å². The number of nitrogens with zero attached hydrogens (tertiary/aromatic N) is 1. The van der Waals surface area contributed by atoms with E-state index in [4.69, 9.17) is 19.5 Å². The van der Waals surface area contributed by atoms with Crippen LogP contribution < -0.4 is 5.32 Å². The molecule has 94 valence electrons. The highest BCUT2D eigenvalue weighted by molar-refractivity contribution is 4.89. The third-order valence-corrected chi connectivity index (χ3v) is 1.88. The van der Waals surface area contributed by atoms with Gasteiger partial charge in [0.1, 0.15) is 6.04 Å². The summed E-state index contributed by atoms with van der Waals surface area (Å²) in [7, 11) is 1.64. The summed E-state index contributed by atoms with van der Waals surface area (Å²) in [6.07, 6.45) is 1.01. The van der Waals surface area contributed by atoms with E-state index in [0.29, 0.717) is 33.0 Å². The maximum Gasteiger partial charge on any atom is 0.119 e. The molecule has 1 atom stereocenters. The molecule has 0 aromatic carbocycles. The Kier molecular flexibility index (Phi) is 11.9. The Labute approximate surface area is 97.7 Å². The van der Waals surface area contributed by atoms with Crippen molar-refractivity contribution in [1.82, 2.24) is 5.32 Å². The van der Waals surface area contributed by atoms with E-state index in [1.165, 1.54) is 0 Å². The number of nitrogens with one attached hydrogen (secondary N) is 1. The summed E-state index contributed by atoms with van der Waals surface area (Å²) < 4.78 is 15.4. The Balaban J connectivity index is 3.25. The van der Waals surface area contributed by atoms with Crippen LogP contribution in [0.25, 0.3) is 0 Å². The molecule has 0 fully saturated rings. The first-order valence-electron chi connectivity index (χ1n) is 5.62. The van der Waals surface area contributed by atoms with Gasteiger partial charge in [0.15, 0.2) is 0 Å². The first kappa shape index (κ1) is 15.3. The standard InChI is InChI=1S/C11H22N2O3/c1-3-4-13-11(9-12)10-16-8-7-15-6-5-14-2/h11,13H,3-8,10H2,1-2H3. The van der Waals surface area contributed by atoms with Crippen LogP contribution in [0, 0.1) is 11.3 Å². The summed E-state index contributed by atoms with van der Waals surface area (Å²) >= 11 is 0. The number of ether oxygens (including phenoxy) is 3. The number of hydrogen-bond donors (Lipinski definition) is 1. The molecule has 1 unspecified atom stereocenters.